The van der Waals surface area contributed by atoms with Crippen molar-refractivity contribution >= 4 is 5.69 Å². The Bertz CT molecular complexity index is 620. The van der Waals surface area contributed by atoms with Crippen molar-refractivity contribution in [3.63, 3.8) is 0 Å². The van der Waals surface area contributed by atoms with Crippen molar-refractivity contribution in [1.29, 1.82) is 0 Å². The van der Waals surface area contributed by atoms with E-state index in [4.69, 9.17) is 0 Å². The third kappa shape index (κ3) is 2.10. The Kier molecular flexibility index (Phi) is 2.96. The van der Waals surface area contributed by atoms with Gasteiger partial charge in [-0.2, -0.15) is 0 Å². The number of benzene rings is 2. The number of hydrogen-bond acceptors (Lipinski definition) is 2. The van der Waals surface area contributed by atoms with Gasteiger partial charge in [0.1, 0.15) is 0 Å². The third-order valence-corrected chi connectivity index (χ3v) is 4.59. The summed E-state index contributed by atoms with van der Waals surface area (Å²) < 4.78 is 0. The highest BCUT2D eigenvalue weighted by Crippen LogP contribution is 2.28. The lowest BCUT2D eigenvalue weighted by atomic mass is 9.95. The van der Waals surface area contributed by atoms with Crippen molar-refractivity contribution in [2.24, 2.45) is 0 Å². The lowest BCUT2D eigenvalue weighted by Gasteiger charge is -2.31. The van der Waals surface area contributed by atoms with Gasteiger partial charge in [0.15, 0.2) is 0 Å². The molecule has 0 radical (unpaired) electrons. The molecule has 20 heavy (non-hydrogen) atoms. The lowest BCUT2D eigenvalue weighted by Crippen LogP contribution is -2.44. The molecule has 1 N–H and O–H groups in total. The van der Waals surface area contributed by atoms with E-state index in [9.17, 15) is 0 Å². The van der Waals surface area contributed by atoms with Gasteiger partial charge < -0.3 is 10.2 Å². The first kappa shape index (κ1) is 12.0. The van der Waals surface area contributed by atoms with Crippen LogP contribution in [0.15, 0.2) is 48.5 Å². The first-order valence-electron chi connectivity index (χ1n) is 7.53. The van der Waals surface area contributed by atoms with Gasteiger partial charge in [0.05, 0.1) is 0 Å². The second-order valence-corrected chi connectivity index (χ2v) is 5.88. The Morgan fingerprint density at radius 1 is 0.950 bits per heavy atom. The molecule has 2 heteroatoms. The van der Waals surface area contributed by atoms with Crippen molar-refractivity contribution in [3.8, 4) is 0 Å². The molecule has 4 rings (SSSR count). The highest BCUT2D eigenvalue weighted by molar-refractivity contribution is 5.58. The van der Waals surface area contributed by atoms with E-state index in [0.717, 1.165) is 19.5 Å². The van der Waals surface area contributed by atoms with Gasteiger partial charge >= 0.3 is 0 Å². The zero-order valence-electron chi connectivity index (χ0n) is 11.7. The fraction of sp³-hybridized carbons (Fsp3) is 0.333. The van der Waals surface area contributed by atoms with E-state index in [1.54, 1.807) is 0 Å². The minimum Gasteiger partial charge on any atom is -0.369 e. The Hall–Kier alpha value is -1.80. The second-order valence-electron chi connectivity index (χ2n) is 5.88. The Morgan fingerprint density at radius 3 is 2.60 bits per heavy atom. The van der Waals surface area contributed by atoms with Crippen LogP contribution in [0.4, 0.5) is 5.69 Å². The first-order chi connectivity index (χ1) is 9.90. The van der Waals surface area contributed by atoms with Crippen LogP contribution >= 0.6 is 0 Å². The van der Waals surface area contributed by atoms with E-state index in [-0.39, 0.29) is 0 Å². The van der Waals surface area contributed by atoms with Crippen LogP contribution in [0, 0.1) is 0 Å². The maximum Gasteiger partial charge on any atom is 0.0400 e. The van der Waals surface area contributed by atoms with Crippen LogP contribution < -0.4 is 10.2 Å². The van der Waals surface area contributed by atoms with E-state index in [0.29, 0.717) is 6.04 Å². The predicted molar refractivity (Wildman–Crippen MR) is 83.1 cm³/mol. The molecule has 1 unspecified atom stereocenters. The molecule has 2 heterocycles. The average molecular weight is 264 g/mol. The van der Waals surface area contributed by atoms with E-state index in [2.05, 4.69) is 58.7 Å². The fourth-order valence-electron chi connectivity index (χ4n) is 3.51. The van der Waals surface area contributed by atoms with Crippen LogP contribution in [-0.2, 0) is 19.4 Å². The van der Waals surface area contributed by atoms with E-state index in [1.165, 1.54) is 35.3 Å². The molecule has 0 fully saturated rings. The number of nitrogens with zero attached hydrogens (tertiary/aromatic N) is 1. The number of nitrogens with one attached hydrogen (secondary N) is 1. The zero-order chi connectivity index (χ0) is 13.4. The van der Waals surface area contributed by atoms with Gasteiger partial charge in [0.25, 0.3) is 0 Å². The molecule has 102 valence electrons. The highest BCUT2D eigenvalue weighted by Gasteiger charge is 2.24. The summed E-state index contributed by atoms with van der Waals surface area (Å²) in [5, 5.41) is 3.69. The summed E-state index contributed by atoms with van der Waals surface area (Å²) in [7, 11) is 0. The molecule has 0 bridgehead atoms. The van der Waals surface area contributed by atoms with Crippen molar-refractivity contribution in [2.45, 2.75) is 25.4 Å². The van der Waals surface area contributed by atoms with Crippen LogP contribution in [0.5, 0.6) is 0 Å². The number of hydrogen-bond donors (Lipinski definition) is 1. The molecule has 0 saturated carbocycles. The fourth-order valence-corrected chi connectivity index (χ4v) is 3.51. The van der Waals surface area contributed by atoms with Gasteiger partial charge in [0, 0.05) is 31.4 Å². The summed E-state index contributed by atoms with van der Waals surface area (Å²) in [5.74, 6) is 0. The maximum absolute atomic E-state index is 3.69. The molecular weight excluding hydrogens is 244 g/mol. The molecule has 2 aliphatic rings. The standard InChI is InChI=1S/C18H20N2/c1-2-7-16-12-19-17(11-15(16)6-1)13-20-10-9-14-5-3-4-8-18(14)20/h1-8,17,19H,9-13H2. The predicted octanol–water partition coefficient (Wildman–Crippen LogP) is 2.76. The summed E-state index contributed by atoms with van der Waals surface area (Å²) in [6.45, 7) is 3.29. The average Bonchev–Trinajstić information content (AvgIpc) is 2.91. The smallest absolute Gasteiger partial charge is 0.0400 e. The minimum atomic E-state index is 0.566. The van der Waals surface area contributed by atoms with E-state index < -0.39 is 0 Å². The molecule has 0 amide bonds. The third-order valence-electron chi connectivity index (χ3n) is 4.59. The summed E-state index contributed by atoms with van der Waals surface area (Å²) in [5.41, 5.74) is 5.92. The summed E-state index contributed by atoms with van der Waals surface area (Å²) >= 11 is 0. The van der Waals surface area contributed by atoms with E-state index >= 15 is 0 Å². The largest absolute Gasteiger partial charge is 0.369 e. The molecule has 0 aromatic heterocycles. The topological polar surface area (TPSA) is 15.3 Å². The van der Waals surface area contributed by atoms with Gasteiger partial charge in [-0.3, -0.25) is 0 Å². The zero-order valence-corrected chi connectivity index (χ0v) is 11.7. The lowest BCUT2D eigenvalue weighted by molar-refractivity contribution is 0.476. The second kappa shape index (κ2) is 4.95. The van der Waals surface area contributed by atoms with Crippen LogP contribution in [0.2, 0.25) is 0 Å². The Labute approximate surface area is 120 Å². The quantitative estimate of drug-likeness (QED) is 0.897. The maximum atomic E-state index is 3.69. The molecule has 0 saturated heterocycles. The molecular formula is C18H20N2. The molecule has 2 nitrogen and oxygen atoms in total. The SMILES string of the molecule is c1ccc2c(c1)CNC(CN1CCc3ccccc31)C2. The summed E-state index contributed by atoms with van der Waals surface area (Å²) in [6.07, 6.45) is 2.34. The number of rotatable bonds is 2. The Balaban J connectivity index is 1.49. The van der Waals surface area contributed by atoms with Crippen molar-refractivity contribution in [3.05, 3.63) is 65.2 Å². The molecule has 2 aliphatic heterocycles. The number of anilines is 1. The number of para-hydroxylation sites is 1. The van der Waals surface area contributed by atoms with Crippen molar-refractivity contribution < 1.29 is 0 Å². The summed E-state index contributed by atoms with van der Waals surface area (Å²) in [6, 6.07) is 18.2. The van der Waals surface area contributed by atoms with Crippen LogP contribution in [0.1, 0.15) is 16.7 Å². The monoisotopic (exact) mass is 264 g/mol. The van der Waals surface area contributed by atoms with Gasteiger partial charge in [-0.25, -0.2) is 0 Å². The molecule has 1 atom stereocenters. The van der Waals surface area contributed by atoms with Crippen molar-refractivity contribution in [1.82, 2.24) is 5.32 Å². The molecule has 0 aliphatic carbocycles. The van der Waals surface area contributed by atoms with E-state index in [1.807, 2.05) is 0 Å². The van der Waals surface area contributed by atoms with Gasteiger partial charge in [-0.05, 0) is 35.6 Å². The van der Waals surface area contributed by atoms with Crippen LogP contribution in [0.25, 0.3) is 0 Å². The summed E-state index contributed by atoms with van der Waals surface area (Å²) in [4.78, 5) is 2.54. The molecule has 0 spiro atoms. The normalized spacial score (nSPS) is 20.6. The first-order valence-corrected chi connectivity index (χ1v) is 7.53. The molecule has 2 aromatic carbocycles. The van der Waals surface area contributed by atoms with Crippen LogP contribution in [-0.4, -0.2) is 19.1 Å². The molecule has 2 aromatic rings. The highest BCUT2D eigenvalue weighted by atomic mass is 15.2. The van der Waals surface area contributed by atoms with Gasteiger partial charge in [-0.1, -0.05) is 42.5 Å². The van der Waals surface area contributed by atoms with Gasteiger partial charge in [-0.15, -0.1) is 0 Å². The van der Waals surface area contributed by atoms with Gasteiger partial charge in [0.2, 0.25) is 0 Å². The minimum absolute atomic E-state index is 0.566. The Morgan fingerprint density at radius 2 is 1.70 bits per heavy atom. The van der Waals surface area contributed by atoms with Crippen molar-refractivity contribution in [2.75, 3.05) is 18.0 Å². The number of fused-ring (bicyclic) bond motifs is 2. The van der Waals surface area contributed by atoms with Crippen LogP contribution in [0.3, 0.4) is 0 Å².